The largest absolute Gasteiger partial charge is 0.378 e. The van der Waals surface area contributed by atoms with Crippen LogP contribution in [0.2, 0.25) is 0 Å². The van der Waals surface area contributed by atoms with Crippen LogP contribution in [0.25, 0.3) is 0 Å². The van der Waals surface area contributed by atoms with Gasteiger partial charge in [-0.25, -0.2) is 0 Å². The molecule has 0 aliphatic heterocycles. The summed E-state index contributed by atoms with van der Waals surface area (Å²) in [5, 5.41) is 6.53. The maximum absolute atomic E-state index is 12.3. The van der Waals surface area contributed by atoms with Gasteiger partial charge in [0.05, 0.1) is 6.10 Å². The van der Waals surface area contributed by atoms with Gasteiger partial charge < -0.3 is 20.3 Å². The fourth-order valence-corrected chi connectivity index (χ4v) is 2.57. The highest BCUT2D eigenvalue weighted by atomic mass is 16.5. The molecule has 1 aromatic rings. The molecular formula is C13H22N4O3. The van der Waals surface area contributed by atoms with E-state index in [0.717, 1.165) is 0 Å². The molecule has 1 heterocycles. The number of ether oxygens (including phenoxy) is 1. The van der Waals surface area contributed by atoms with Crippen LogP contribution < -0.4 is 11.1 Å². The Hall–Kier alpha value is -1.47. The van der Waals surface area contributed by atoms with E-state index in [2.05, 4.69) is 20.0 Å². The van der Waals surface area contributed by atoms with Crippen LogP contribution in [0, 0.1) is 5.41 Å². The molecule has 1 aromatic heterocycles. The lowest BCUT2D eigenvalue weighted by Crippen LogP contribution is -2.75. The Morgan fingerprint density at radius 1 is 1.65 bits per heavy atom. The molecule has 1 fully saturated rings. The molecule has 0 bridgehead atoms. The Bertz CT molecular complexity index is 460. The Kier molecular flexibility index (Phi) is 4.10. The minimum absolute atomic E-state index is 0.0282. The fraction of sp³-hybridized carbons (Fsp3) is 0.769. The first-order valence-corrected chi connectivity index (χ1v) is 6.86. The third kappa shape index (κ3) is 2.43. The van der Waals surface area contributed by atoms with E-state index in [4.69, 9.17) is 10.5 Å². The summed E-state index contributed by atoms with van der Waals surface area (Å²) in [5.74, 6) is 0.415. The van der Waals surface area contributed by atoms with Crippen molar-refractivity contribution in [2.24, 2.45) is 11.1 Å². The van der Waals surface area contributed by atoms with E-state index < -0.39 is 5.54 Å². The van der Waals surface area contributed by atoms with Crippen molar-refractivity contribution in [2.45, 2.75) is 45.3 Å². The molecule has 7 nitrogen and oxygen atoms in total. The summed E-state index contributed by atoms with van der Waals surface area (Å²) in [4.78, 5) is 16.2. The van der Waals surface area contributed by atoms with Crippen molar-refractivity contribution in [2.75, 3.05) is 13.2 Å². The number of carbonyl (C=O) groups is 1. The molecule has 112 valence electrons. The van der Waals surface area contributed by atoms with Crippen LogP contribution in [0.1, 0.15) is 33.0 Å². The normalized spacial score (nSPS) is 27.9. The van der Waals surface area contributed by atoms with Crippen LogP contribution in [0.4, 0.5) is 0 Å². The number of amides is 1. The van der Waals surface area contributed by atoms with Crippen molar-refractivity contribution in [3.8, 4) is 0 Å². The van der Waals surface area contributed by atoms with Crippen LogP contribution in [0.15, 0.2) is 10.9 Å². The van der Waals surface area contributed by atoms with Gasteiger partial charge in [-0.05, 0) is 6.92 Å². The average molecular weight is 282 g/mol. The summed E-state index contributed by atoms with van der Waals surface area (Å²) in [6.45, 7) is 6.94. The lowest BCUT2D eigenvalue weighted by Gasteiger charge is -2.57. The molecule has 20 heavy (non-hydrogen) atoms. The summed E-state index contributed by atoms with van der Waals surface area (Å²) < 4.78 is 10.2. The second-order valence-corrected chi connectivity index (χ2v) is 5.69. The van der Waals surface area contributed by atoms with Gasteiger partial charge in [0.2, 0.25) is 12.3 Å². The molecule has 1 aliphatic rings. The summed E-state index contributed by atoms with van der Waals surface area (Å²) in [6, 6.07) is 0. The van der Waals surface area contributed by atoms with Crippen LogP contribution in [0.3, 0.4) is 0 Å². The average Bonchev–Trinajstić information content (AvgIpc) is 2.91. The molecule has 1 saturated carbocycles. The Balaban J connectivity index is 1.86. The Labute approximate surface area is 118 Å². The van der Waals surface area contributed by atoms with Crippen molar-refractivity contribution in [3.63, 3.8) is 0 Å². The van der Waals surface area contributed by atoms with E-state index >= 15 is 0 Å². The quantitative estimate of drug-likeness (QED) is 0.775. The zero-order valence-corrected chi connectivity index (χ0v) is 12.2. The lowest BCUT2D eigenvalue weighted by atomic mass is 9.54. The van der Waals surface area contributed by atoms with Gasteiger partial charge in [-0.2, -0.15) is 4.98 Å². The van der Waals surface area contributed by atoms with Gasteiger partial charge in [-0.1, -0.05) is 19.0 Å². The van der Waals surface area contributed by atoms with Gasteiger partial charge in [0, 0.05) is 31.4 Å². The number of carbonyl (C=O) groups excluding carboxylic acids is 1. The molecule has 2 unspecified atom stereocenters. The first kappa shape index (κ1) is 14.9. The molecule has 0 saturated heterocycles. The van der Waals surface area contributed by atoms with Gasteiger partial charge in [0.25, 0.3) is 0 Å². The second-order valence-electron chi connectivity index (χ2n) is 5.69. The van der Waals surface area contributed by atoms with E-state index in [-0.39, 0.29) is 17.4 Å². The van der Waals surface area contributed by atoms with Crippen LogP contribution in [0.5, 0.6) is 0 Å². The van der Waals surface area contributed by atoms with Gasteiger partial charge in [0.15, 0.2) is 5.82 Å². The van der Waals surface area contributed by atoms with E-state index in [1.807, 2.05) is 20.8 Å². The van der Waals surface area contributed by atoms with Gasteiger partial charge in [0.1, 0.15) is 5.54 Å². The second kappa shape index (κ2) is 5.49. The number of rotatable bonds is 6. The van der Waals surface area contributed by atoms with Crippen molar-refractivity contribution in [1.29, 1.82) is 0 Å². The maximum Gasteiger partial charge on any atom is 0.240 e. The molecule has 2 rings (SSSR count). The third-order valence-electron chi connectivity index (χ3n) is 4.28. The smallest absolute Gasteiger partial charge is 0.240 e. The fourth-order valence-electron chi connectivity index (χ4n) is 2.57. The summed E-state index contributed by atoms with van der Waals surface area (Å²) in [6.07, 6.45) is 2.36. The number of aromatic nitrogens is 2. The molecular weight excluding hydrogens is 260 g/mol. The predicted octanol–water partition coefficient (Wildman–Crippen LogP) is 0.261. The monoisotopic (exact) mass is 282 g/mol. The van der Waals surface area contributed by atoms with E-state index in [1.165, 1.54) is 6.39 Å². The SMILES string of the molecule is CCOC1CC(N)(C(=O)NCCc2ncon2)C1(C)C. The molecule has 7 heteroatoms. The number of hydrogen-bond acceptors (Lipinski definition) is 6. The zero-order valence-electron chi connectivity index (χ0n) is 12.2. The zero-order chi connectivity index (χ0) is 14.8. The van der Waals surface area contributed by atoms with Crippen molar-refractivity contribution in [3.05, 3.63) is 12.2 Å². The molecule has 0 spiro atoms. The Morgan fingerprint density at radius 2 is 2.40 bits per heavy atom. The molecule has 1 aliphatic carbocycles. The summed E-state index contributed by atoms with van der Waals surface area (Å²) >= 11 is 0. The van der Waals surface area contributed by atoms with E-state index in [0.29, 0.717) is 31.8 Å². The van der Waals surface area contributed by atoms with Gasteiger partial charge in [-0.15, -0.1) is 0 Å². The van der Waals surface area contributed by atoms with Crippen LogP contribution in [-0.2, 0) is 16.0 Å². The standard InChI is InChI=1S/C13H22N4O3/c1-4-19-9-7-13(14,12(9,2)3)11(18)15-6-5-10-16-8-20-17-10/h8-9H,4-7,14H2,1-3H3,(H,15,18). The van der Waals surface area contributed by atoms with Crippen LogP contribution in [-0.4, -0.2) is 40.8 Å². The van der Waals surface area contributed by atoms with Crippen molar-refractivity contribution >= 4 is 5.91 Å². The van der Waals surface area contributed by atoms with Gasteiger partial charge in [-0.3, -0.25) is 4.79 Å². The molecule has 0 radical (unpaired) electrons. The van der Waals surface area contributed by atoms with Crippen molar-refractivity contribution < 1.29 is 14.1 Å². The lowest BCUT2D eigenvalue weighted by molar-refractivity contribution is -0.170. The minimum atomic E-state index is -0.885. The highest BCUT2D eigenvalue weighted by molar-refractivity contribution is 5.88. The number of hydrogen-bond donors (Lipinski definition) is 2. The van der Waals surface area contributed by atoms with Gasteiger partial charge >= 0.3 is 0 Å². The Morgan fingerprint density at radius 3 is 2.95 bits per heavy atom. The summed E-state index contributed by atoms with van der Waals surface area (Å²) in [7, 11) is 0. The number of nitrogens with zero attached hydrogens (tertiary/aromatic N) is 2. The predicted molar refractivity (Wildman–Crippen MR) is 71.7 cm³/mol. The highest BCUT2D eigenvalue weighted by Gasteiger charge is 2.62. The van der Waals surface area contributed by atoms with Crippen molar-refractivity contribution in [1.82, 2.24) is 15.5 Å². The molecule has 3 N–H and O–H groups in total. The number of nitrogens with two attached hydrogens (primary N) is 1. The van der Waals surface area contributed by atoms with E-state index in [9.17, 15) is 4.79 Å². The molecule has 2 atom stereocenters. The first-order chi connectivity index (χ1) is 9.41. The topological polar surface area (TPSA) is 103 Å². The molecule has 0 aromatic carbocycles. The van der Waals surface area contributed by atoms with E-state index in [1.54, 1.807) is 0 Å². The maximum atomic E-state index is 12.3. The summed E-state index contributed by atoms with van der Waals surface area (Å²) in [5.41, 5.74) is 5.00. The number of nitrogens with one attached hydrogen (secondary N) is 1. The highest BCUT2D eigenvalue weighted by Crippen LogP contribution is 2.49. The first-order valence-electron chi connectivity index (χ1n) is 6.86. The third-order valence-corrected chi connectivity index (χ3v) is 4.28. The minimum Gasteiger partial charge on any atom is -0.378 e. The molecule has 1 amide bonds. The van der Waals surface area contributed by atoms with Crippen LogP contribution >= 0.6 is 0 Å².